The van der Waals surface area contributed by atoms with Crippen molar-refractivity contribution in [2.45, 2.75) is 39.5 Å². The summed E-state index contributed by atoms with van der Waals surface area (Å²) in [6.45, 7) is 6.64. The van der Waals surface area contributed by atoms with Crippen LogP contribution in [0.5, 0.6) is 0 Å². The molecule has 1 saturated heterocycles. The van der Waals surface area contributed by atoms with Crippen LogP contribution < -0.4 is 5.32 Å². The van der Waals surface area contributed by atoms with Crippen molar-refractivity contribution in [3.05, 3.63) is 0 Å². The molecule has 0 aromatic heterocycles. The van der Waals surface area contributed by atoms with Gasteiger partial charge in [0.1, 0.15) is 0 Å². The van der Waals surface area contributed by atoms with E-state index in [4.69, 9.17) is 4.74 Å². The molecule has 0 aromatic rings. The summed E-state index contributed by atoms with van der Waals surface area (Å²) in [6, 6.07) is 0. The maximum atomic E-state index is 11.6. The summed E-state index contributed by atoms with van der Waals surface area (Å²) in [4.78, 5) is 11.6. The third-order valence-corrected chi connectivity index (χ3v) is 2.71. The summed E-state index contributed by atoms with van der Waals surface area (Å²) in [5.74, 6) is 0.980. The SMILES string of the molecule is CC(C)COCCC1CCCCNC1=O. The molecule has 3 nitrogen and oxygen atoms in total. The molecule has 15 heavy (non-hydrogen) atoms. The average molecular weight is 213 g/mol. The summed E-state index contributed by atoms with van der Waals surface area (Å²) in [5, 5.41) is 2.95. The average Bonchev–Trinajstić information content (AvgIpc) is 2.38. The third kappa shape index (κ3) is 5.17. The fraction of sp³-hybridized carbons (Fsp3) is 0.917. The molecule has 0 bridgehead atoms. The number of carbonyl (C=O) groups excluding carboxylic acids is 1. The summed E-state index contributed by atoms with van der Waals surface area (Å²) in [7, 11) is 0. The minimum absolute atomic E-state index is 0.180. The van der Waals surface area contributed by atoms with Crippen LogP contribution in [-0.4, -0.2) is 25.7 Å². The van der Waals surface area contributed by atoms with Crippen LogP contribution in [0, 0.1) is 11.8 Å². The Kier molecular flexibility index (Phi) is 5.69. The number of ether oxygens (including phenoxy) is 1. The molecule has 0 aliphatic carbocycles. The number of rotatable bonds is 5. The maximum absolute atomic E-state index is 11.6. The molecule has 0 aromatic carbocycles. The first-order valence-electron chi connectivity index (χ1n) is 6.05. The lowest BCUT2D eigenvalue weighted by molar-refractivity contribution is -0.125. The Morgan fingerprint density at radius 3 is 3.00 bits per heavy atom. The smallest absolute Gasteiger partial charge is 0.223 e. The zero-order valence-corrected chi connectivity index (χ0v) is 9.92. The largest absolute Gasteiger partial charge is 0.381 e. The zero-order chi connectivity index (χ0) is 11.1. The molecule has 0 saturated carbocycles. The predicted octanol–water partition coefficient (Wildman–Crippen LogP) is 1.97. The van der Waals surface area contributed by atoms with Gasteiger partial charge in [-0.15, -0.1) is 0 Å². The molecule has 0 radical (unpaired) electrons. The van der Waals surface area contributed by atoms with E-state index in [-0.39, 0.29) is 11.8 Å². The quantitative estimate of drug-likeness (QED) is 0.709. The Bertz CT molecular complexity index is 192. The molecule has 1 aliphatic rings. The van der Waals surface area contributed by atoms with Crippen molar-refractivity contribution in [1.29, 1.82) is 0 Å². The molecule has 1 N–H and O–H groups in total. The van der Waals surface area contributed by atoms with Gasteiger partial charge in [-0.25, -0.2) is 0 Å². The molecule has 1 heterocycles. The van der Waals surface area contributed by atoms with Crippen molar-refractivity contribution in [3.63, 3.8) is 0 Å². The second kappa shape index (κ2) is 6.83. The zero-order valence-electron chi connectivity index (χ0n) is 9.92. The number of hydrogen-bond donors (Lipinski definition) is 1. The van der Waals surface area contributed by atoms with Crippen LogP contribution in [0.15, 0.2) is 0 Å². The summed E-state index contributed by atoms with van der Waals surface area (Å²) < 4.78 is 5.51. The molecule has 0 spiro atoms. The Labute approximate surface area is 92.6 Å². The van der Waals surface area contributed by atoms with Crippen molar-refractivity contribution in [1.82, 2.24) is 5.32 Å². The number of nitrogens with one attached hydrogen (secondary N) is 1. The van der Waals surface area contributed by atoms with Crippen LogP contribution in [0.25, 0.3) is 0 Å². The van der Waals surface area contributed by atoms with E-state index in [1.807, 2.05) is 0 Å². The van der Waals surface area contributed by atoms with Gasteiger partial charge in [-0.1, -0.05) is 20.3 Å². The molecular formula is C12H23NO2. The van der Waals surface area contributed by atoms with E-state index in [1.165, 1.54) is 0 Å². The second-order valence-electron chi connectivity index (χ2n) is 4.74. The standard InChI is InChI=1S/C12H23NO2/c1-10(2)9-15-8-6-11-5-3-4-7-13-12(11)14/h10-11H,3-9H2,1-2H3,(H,13,14). The highest BCUT2D eigenvalue weighted by Crippen LogP contribution is 2.16. The van der Waals surface area contributed by atoms with Crippen molar-refractivity contribution >= 4 is 5.91 Å². The first kappa shape index (κ1) is 12.5. The van der Waals surface area contributed by atoms with Gasteiger partial charge in [-0.05, 0) is 25.2 Å². The Balaban J connectivity index is 2.15. The molecule has 3 heteroatoms. The minimum atomic E-state index is 0.180. The lowest BCUT2D eigenvalue weighted by atomic mass is 9.99. The van der Waals surface area contributed by atoms with E-state index in [0.717, 1.165) is 45.4 Å². The third-order valence-electron chi connectivity index (χ3n) is 2.71. The molecule has 88 valence electrons. The normalized spacial score (nSPS) is 22.6. The minimum Gasteiger partial charge on any atom is -0.381 e. The molecule has 1 aliphatic heterocycles. The molecule has 1 unspecified atom stereocenters. The van der Waals surface area contributed by atoms with Crippen molar-refractivity contribution < 1.29 is 9.53 Å². The van der Waals surface area contributed by atoms with Gasteiger partial charge in [-0.3, -0.25) is 4.79 Å². The van der Waals surface area contributed by atoms with Crippen molar-refractivity contribution in [2.75, 3.05) is 19.8 Å². The van der Waals surface area contributed by atoms with E-state index < -0.39 is 0 Å². The van der Waals surface area contributed by atoms with Crippen LogP contribution in [-0.2, 0) is 9.53 Å². The van der Waals surface area contributed by atoms with Gasteiger partial charge in [0.05, 0.1) is 0 Å². The Hall–Kier alpha value is -0.570. The lowest BCUT2D eigenvalue weighted by Crippen LogP contribution is -2.29. The second-order valence-corrected chi connectivity index (χ2v) is 4.74. The van der Waals surface area contributed by atoms with Crippen LogP contribution >= 0.6 is 0 Å². The first-order chi connectivity index (χ1) is 7.20. The monoisotopic (exact) mass is 213 g/mol. The van der Waals surface area contributed by atoms with Gasteiger partial charge in [0.2, 0.25) is 5.91 Å². The van der Waals surface area contributed by atoms with E-state index in [0.29, 0.717) is 5.92 Å². The molecular weight excluding hydrogens is 190 g/mol. The highest BCUT2D eigenvalue weighted by Gasteiger charge is 2.19. The molecule has 1 amide bonds. The number of carbonyl (C=O) groups is 1. The summed E-state index contributed by atoms with van der Waals surface area (Å²) in [5.41, 5.74) is 0. The fourth-order valence-electron chi connectivity index (χ4n) is 1.82. The van der Waals surface area contributed by atoms with Crippen LogP contribution in [0.1, 0.15) is 39.5 Å². The lowest BCUT2D eigenvalue weighted by Gasteiger charge is -2.13. The first-order valence-corrected chi connectivity index (χ1v) is 6.05. The van der Waals surface area contributed by atoms with E-state index >= 15 is 0 Å². The van der Waals surface area contributed by atoms with Crippen molar-refractivity contribution in [3.8, 4) is 0 Å². The van der Waals surface area contributed by atoms with Gasteiger partial charge < -0.3 is 10.1 Å². The van der Waals surface area contributed by atoms with Crippen LogP contribution in [0.2, 0.25) is 0 Å². The van der Waals surface area contributed by atoms with E-state index in [9.17, 15) is 4.79 Å². The van der Waals surface area contributed by atoms with Gasteiger partial charge >= 0.3 is 0 Å². The predicted molar refractivity (Wildman–Crippen MR) is 60.6 cm³/mol. The van der Waals surface area contributed by atoms with Gasteiger partial charge in [-0.2, -0.15) is 0 Å². The molecule has 1 fully saturated rings. The van der Waals surface area contributed by atoms with Crippen LogP contribution in [0.3, 0.4) is 0 Å². The highest BCUT2D eigenvalue weighted by molar-refractivity contribution is 5.78. The highest BCUT2D eigenvalue weighted by atomic mass is 16.5. The fourth-order valence-corrected chi connectivity index (χ4v) is 1.82. The topological polar surface area (TPSA) is 38.3 Å². The summed E-state index contributed by atoms with van der Waals surface area (Å²) in [6.07, 6.45) is 4.18. The molecule has 1 atom stereocenters. The van der Waals surface area contributed by atoms with Gasteiger partial charge in [0.25, 0.3) is 0 Å². The molecule has 1 rings (SSSR count). The Morgan fingerprint density at radius 1 is 1.47 bits per heavy atom. The van der Waals surface area contributed by atoms with Crippen LogP contribution in [0.4, 0.5) is 0 Å². The van der Waals surface area contributed by atoms with Crippen molar-refractivity contribution in [2.24, 2.45) is 11.8 Å². The summed E-state index contributed by atoms with van der Waals surface area (Å²) >= 11 is 0. The number of hydrogen-bond acceptors (Lipinski definition) is 2. The Morgan fingerprint density at radius 2 is 2.27 bits per heavy atom. The van der Waals surface area contributed by atoms with Gasteiger partial charge in [0, 0.05) is 25.7 Å². The van der Waals surface area contributed by atoms with E-state index in [1.54, 1.807) is 0 Å². The van der Waals surface area contributed by atoms with E-state index in [2.05, 4.69) is 19.2 Å². The van der Waals surface area contributed by atoms with Gasteiger partial charge in [0.15, 0.2) is 0 Å². The maximum Gasteiger partial charge on any atom is 0.223 e. The number of amides is 1.